The highest BCUT2D eigenvalue weighted by molar-refractivity contribution is 7.85. The monoisotopic (exact) mass is 294 g/mol. The lowest BCUT2D eigenvalue weighted by molar-refractivity contribution is 0.101. The average molecular weight is 294 g/mol. The van der Waals surface area contributed by atoms with Crippen LogP contribution in [0.4, 0.5) is 8.78 Å². The first-order valence-corrected chi connectivity index (χ1v) is 7.43. The highest BCUT2D eigenvalue weighted by Gasteiger charge is 2.19. The van der Waals surface area contributed by atoms with E-state index in [1.54, 1.807) is 24.3 Å². The number of carbonyl (C=O) groups excluding carboxylic acids is 1. The van der Waals surface area contributed by atoms with Gasteiger partial charge in [-0.3, -0.25) is 9.00 Å². The Kier molecular flexibility index (Phi) is 4.74. The molecule has 2 aromatic rings. The number of rotatable bonds is 5. The summed E-state index contributed by atoms with van der Waals surface area (Å²) >= 11 is 0. The van der Waals surface area contributed by atoms with E-state index in [9.17, 15) is 17.8 Å². The second-order valence-corrected chi connectivity index (χ2v) is 5.69. The van der Waals surface area contributed by atoms with E-state index in [1.807, 2.05) is 6.07 Å². The van der Waals surface area contributed by atoms with E-state index in [0.29, 0.717) is 0 Å². The van der Waals surface area contributed by atoms with Crippen LogP contribution in [-0.2, 0) is 16.6 Å². The third kappa shape index (κ3) is 3.57. The quantitative estimate of drug-likeness (QED) is 0.794. The van der Waals surface area contributed by atoms with Gasteiger partial charge in [-0.05, 0) is 17.7 Å². The number of carbonyl (C=O) groups is 1. The van der Waals surface area contributed by atoms with Crippen LogP contribution in [0.2, 0.25) is 0 Å². The molecule has 5 heteroatoms. The van der Waals surface area contributed by atoms with Crippen LogP contribution in [0.1, 0.15) is 15.9 Å². The number of hydrogen-bond donors (Lipinski definition) is 0. The van der Waals surface area contributed by atoms with Crippen LogP contribution in [0.3, 0.4) is 0 Å². The summed E-state index contributed by atoms with van der Waals surface area (Å²) in [6.07, 6.45) is 0. The van der Waals surface area contributed by atoms with Gasteiger partial charge in [0.2, 0.25) is 0 Å². The molecule has 1 unspecified atom stereocenters. The van der Waals surface area contributed by atoms with Gasteiger partial charge in [0, 0.05) is 16.6 Å². The molecule has 104 valence electrons. The van der Waals surface area contributed by atoms with Gasteiger partial charge in [0.15, 0.2) is 5.78 Å². The Hall–Kier alpha value is -1.88. The summed E-state index contributed by atoms with van der Waals surface area (Å²) in [7, 11) is -1.50. The fourth-order valence-electron chi connectivity index (χ4n) is 1.79. The molecule has 2 rings (SSSR count). The first kappa shape index (κ1) is 14.5. The van der Waals surface area contributed by atoms with E-state index in [0.717, 1.165) is 17.7 Å². The molecule has 2 nitrogen and oxygen atoms in total. The van der Waals surface area contributed by atoms with Gasteiger partial charge in [-0.15, -0.1) is 0 Å². The van der Waals surface area contributed by atoms with Gasteiger partial charge in [-0.25, -0.2) is 8.78 Å². The number of halogens is 2. The van der Waals surface area contributed by atoms with Crippen LogP contribution >= 0.6 is 0 Å². The molecule has 1 atom stereocenters. The normalized spacial score (nSPS) is 12.1. The van der Waals surface area contributed by atoms with Crippen LogP contribution in [0.15, 0.2) is 48.5 Å². The van der Waals surface area contributed by atoms with Crippen molar-refractivity contribution in [2.24, 2.45) is 0 Å². The van der Waals surface area contributed by atoms with Crippen molar-refractivity contribution in [3.8, 4) is 0 Å². The molecule has 0 aromatic heterocycles. The van der Waals surface area contributed by atoms with Gasteiger partial charge in [0.25, 0.3) is 0 Å². The van der Waals surface area contributed by atoms with E-state index in [2.05, 4.69) is 0 Å². The van der Waals surface area contributed by atoms with E-state index in [1.165, 1.54) is 6.07 Å². The average Bonchev–Trinajstić information content (AvgIpc) is 2.39. The van der Waals surface area contributed by atoms with Crippen LogP contribution in [0.25, 0.3) is 0 Å². The fourth-order valence-corrected chi connectivity index (χ4v) is 2.90. The molecule has 0 amide bonds. The van der Waals surface area contributed by atoms with Gasteiger partial charge in [-0.1, -0.05) is 36.4 Å². The molecule has 0 radical (unpaired) electrons. The predicted molar refractivity (Wildman–Crippen MR) is 73.8 cm³/mol. The molecular weight excluding hydrogens is 282 g/mol. The molecule has 0 saturated carbocycles. The molecule has 0 aliphatic heterocycles. The maximum Gasteiger partial charge on any atom is 0.181 e. The molecule has 20 heavy (non-hydrogen) atoms. The molecule has 0 N–H and O–H groups in total. The predicted octanol–water partition coefficient (Wildman–Crippen LogP) is 3.10. The summed E-state index contributed by atoms with van der Waals surface area (Å²) in [5, 5.41) is 0. The molecule has 0 aliphatic rings. The first-order chi connectivity index (χ1) is 9.58. The first-order valence-electron chi connectivity index (χ1n) is 5.94. The highest BCUT2D eigenvalue weighted by atomic mass is 32.2. The van der Waals surface area contributed by atoms with Crippen molar-refractivity contribution in [1.29, 1.82) is 0 Å². The van der Waals surface area contributed by atoms with E-state index in [-0.39, 0.29) is 5.75 Å². The zero-order valence-electron chi connectivity index (χ0n) is 10.5. The zero-order valence-corrected chi connectivity index (χ0v) is 11.3. The summed E-state index contributed by atoms with van der Waals surface area (Å²) in [5.41, 5.74) is 0.196. The molecule has 0 aliphatic carbocycles. The SMILES string of the molecule is O=C(CS(=O)Cc1ccccc1)c1c(F)cccc1F. The number of Topliss-reactive ketones (excluding diaryl/α,β-unsaturated/α-hetero) is 1. The van der Waals surface area contributed by atoms with E-state index in [4.69, 9.17) is 0 Å². The Bertz CT molecular complexity index is 621. The minimum Gasteiger partial charge on any atom is -0.293 e. The molecule has 0 fully saturated rings. The second kappa shape index (κ2) is 6.52. The van der Waals surface area contributed by atoms with Crippen LogP contribution < -0.4 is 0 Å². The highest BCUT2D eigenvalue weighted by Crippen LogP contribution is 2.14. The largest absolute Gasteiger partial charge is 0.293 e. The summed E-state index contributed by atoms with van der Waals surface area (Å²) in [6, 6.07) is 12.2. The smallest absolute Gasteiger partial charge is 0.181 e. The summed E-state index contributed by atoms with van der Waals surface area (Å²) < 4.78 is 38.7. The number of hydrogen-bond acceptors (Lipinski definition) is 2. The van der Waals surface area contributed by atoms with Gasteiger partial charge in [-0.2, -0.15) is 0 Å². The topological polar surface area (TPSA) is 34.1 Å². The second-order valence-electron chi connectivity index (χ2n) is 4.23. The molecule has 0 saturated heterocycles. The summed E-state index contributed by atoms with van der Waals surface area (Å²) in [5.74, 6) is -2.84. The van der Waals surface area contributed by atoms with Crippen molar-refractivity contribution in [3.05, 3.63) is 71.3 Å². The molecule has 2 aromatic carbocycles. The minimum atomic E-state index is -1.50. The number of benzene rings is 2. The molecular formula is C15H12F2O2S. The van der Waals surface area contributed by atoms with Crippen molar-refractivity contribution in [2.75, 3.05) is 5.75 Å². The third-order valence-electron chi connectivity index (χ3n) is 2.70. The maximum absolute atomic E-state index is 13.4. The Morgan fingerprint density at radius 1 is 0.950 bits per heavy atom. The molecule has 0 heterocycles. The van der Waals surface area contributed by atoms with Crippen LogP contribution in [0, 0.1) is 11.6 Å². The zero-order chi connectivity index (χ0) is 14.5. The van der Waals surface area contributed by atoms with Crippen molar-refractivity contribution >= 4 is 16.6 Å². The van der Waals surface area contributed by atoms with Crippen molar-refractivity contribution < 1.29 is 17.8 Å². The van der Waals surface area contributed by atoms with E-state index < -0.39 is 39.5 Å². The van der Waals surface area contributed by atoms with Crippen LogP contribution in [0.5, 0.6) is 0 Å². The van der Waals surface area contributed by atoms with Gasteiger partial charge < -0.3 is 0 Å². The molecule has 0 spiro atoms. The minimum absolute atomic E-state index is 0.183. The fraction of sp³-hybridized carbons (Fsp3) is 0.133. The summed E-state index contributed by atoms with van der Waals surface area (Å²) in [6.45, 7) is 0. The van der Waals surface area contributed by atoms with Gasteiger partial charge in [0.1, 0.15) is 11.6 Å². The van der Waals surface area contributed by atoms with Crippen molar-refractivity contribution in [1.82, 2.24) is 0 Å². The third-order valence-corrected chi connectivity index (χ3v) is 3.94. The lowest BCUT2D eigenvalue weighted by Crippen LogP contribution is -2.15. The lowest BCUT2D eigenvalue weighted by atomic mass is 10.1. The van der Waals surface area contributed by atoms with Gasteiger partial charge >= 0.3 is 0 Å². The van der Waals surface area contributed by atoms with Crippen LogP contribution in [-0.4, -0.2) is 15.7 Å². The molecule has 0 bridgehead atoms. The van der Waals surface area contributed by atoms with Gasteiger partial charge in [0.05, 0.1) is 11.3 Å². The number of ketones is 1. The summed E-state index contributed by atoms with van der Waals surface area (Å²) in [4.78, 5) is 11.8. The van der Waals surface area contributed by atoms with Crippen molar-refractivity contribution in [3.63, 3.8) is 0 Å². The Morgan fingerprint density at radius 3 is 2.15 bits per heavy atom. The Balaban J connectivity index is 2.07. The Morgan fingerprint density at radius 2 is 1.55 bits per heavy atom. The maximum atomic E-state index is 13.4. The lowest BCUT2D eigenvalue weighted by Gasteiger charge is -2.04. The Labute approximate surface area is 117 Å². The van der Waals surface area contributed by atoms with Crippen molar-refractivity contribution in [2.45, 2.75) is 5.75 Å². The standard InChI is InChI=1S/C15H12F2O2S/c16-12-7-4-8-13(17)15(12)14(18)10-20(19)9-11-5-2-1-3-6-11/h1-8H,9-10H2. The van der Waals surface area contributed by atoms with E-state index >= 15 is 0 Å².